The van der Waals surface area contributed by atoms with Crippen molar-refractivity contribution in [2.75, 3.05) is 12.4 Å². The average molecular weight is 455 g/mol. The summed E-state index contributed by atoms with van der Waals surface area (Å²) in [7, 11) is 1.45. The van der Waals surface area contributed by atoms with Gasteiger partial charge in [0.15, 0.2) is 22.8 Å². The molecule has 0 aliphatic carbocycles. The number of amidine groups is 1. The lowest BCUT2D eigenvalue weighted by Crippen LogP contribution is -2.23. The largest absolute Gasteiger partial charge is 0.493 e. The summed E-state index contributed by atoms with van der Waals surface area (Å²) < 4.78 is 10.7. The molecule has 3 rings (SSSR count). The molecule has 1 fully saturated rings. The highest BCUT2D eigenvalue weighted by Crippen LogP contribution is 2.33. The number of carboxylic acids is 1. The first-order valence-electron chi connectivity index (χ1n) is 9.50. The number of amides is 2. The zero-order chi connectivity index (χ0) is 23.3. The van der Waals surface area contributed by atoms with Crippen molar-refractivity contribution in [3.63, 3.8) is 0 Å². The third-order valence-corrected chi connectivity index (χ3v) is 5.12. The Bertz CT molecular complexity index is 1110. The molecular weight excluding hydrogens is 434 g/mol. The minimum atomic E-state index is -1.09. The van der Waals surface area contributed by atoms with Gasteiger partial charge in [-0.1, -0.05) is 6.07 Å². The summed E-state index contributed by atoms with van der Waals surface area (Å²) in [5, 5.41) is 14.8. The topological polar surface area (TPSA) is 126 Å². The number of hydrogen-bond donors (Lipinski definition) is 3. The number of carbonyl (C=O) groups excluding carboxylic acids is 2. The van der Waals surface area contributed by atoms with E-state index in [1.807, 2.05) is 0 Å². The molecule has 1 aliphatic rings. The molecule has 2 aromatic carbocycles. The van der Waals surface area contributed by atoms with E-state index in [2.05, 4.69) is 15.6 Å². The molecule has 0 saturated carbocycles. The standard InChI is InChI=1S/C22H21N3O6S/c1-12(21(28)29)31-17-9-4-14(10-18(17)30-3)11-19-20(27)25-22(32-19)24-16-7-5-15(6-8-16)23-13(2)26/h4-12H,1-3H3,(H,23,26)(H,28,29)(H,24,25,27)/b19-11+. The van der Waals surface area contributed by atoms with Crippen molar-refractivity contribution in [1.82, 2.24) is 5.32 Å². The maximum Gasteiger partial charge on any atom is 0.344 e. The van der Waals surface area contributed by atoms with Gasteiger partial charge in [0.05, 0.1) is 17.7 Å². The molecule has 1 aliphatic heterocycles. The number of aliphatic carboxylic acids is 1. The molecule has 0 radical (unpaired) electrons. The van der Waals surface area contributed by atoms with Gasteiger partial charge in [-0.2, -0.15) is 0 Å². The first-order chi connectivity index (χ1) is 15.2. The van der Waals surface area contributed by atoms with E-state index in [-0.39, 0.29) is 17.6 Å². The quantitative estimate of drug-likeness (QED) is 0.546. The first kappa shape index (κ1) is 22.9. The highest BCUT2D eigenvalue weighted by Gasteiger charge is 2.24. The molecule has 10 heteroatoms. The number of benzene rings is 2. The maximum atomic E-state index is 12.3. The number of hydrogen-bond acceptors (Lipinski definition) is 7. The van der Waals surface area contributed by atoms with E-state index in [1.165, 1.54) is 32.7 Å². The predicted octanol–water partition coefficient (Wildman–Crippen LogP) is 3.40. The maximum absolute atomic E-state index is 12.3. The Kier molecular flexibility index (Phi) is 7.16. The Morgan fingerprint density at radius 3 is 2.53 bits per heavy atom. The fourth-order valence-corrected chi connectivity index (χ4v) is 3.53. The third kappa shape index (κ3) is 5.88. The van der Waals surface area contributed by atoms with Crippen molar-refractivity contribution in [1.29, 1.82) is 0 Å². The van der Waals surface area contributed by atoms with Gasteiger partial charge in [-0.25, -0.2) is 9.79 Å². The zero-order valence-corrected chi connectivity index (χ0v) is 18.4. The summed E-state index contributed by atoms with van der Waals surface area (Å²) in [5.41, 5.74) is 1.96. The number of anilines is 1. The lowest BCUT2D eigenvalue weighted by Gasteiger charge is -2.14. The Hall–Kier alpha value is -3.79. The van der Waals surface area contributed by atoms with Gasteiger partial charge in [0.25, 0.3) is 5.91 Å². The second kappa shape index (κ2) is 10.0. The van der Waals surface area contributed by atoms with E-state index >= 15 is 0 Å². The van der Waals surface area contributed by atoms with E-state index in [9.17, 15) is 14.4 Å². The molecular formula is C22H21N3O6S. The van der Waals surface area contributed by atoms with Crippen LogP contribution in [-0.2, 0) is 14.4 Å². The van der Waals surface area contributed by atoms with Gasteiger partial charge >= 0.3 is 5.97 Å². The van der Waals surface area contributed by atoms with Crippen molar-refractivity contribution in [2.24, 2.45) is 4.99 Å². The van der Waals surface area contributed by atoms with Crippen molar-refractivity contribution in [3.8, 4) is 11.5 Å². The molecule has 1 unspecified atom stereocenters. The molecule has 2 amide bonds. The summed E-state index contributed by atoms with van der Waals surface area (Å²) in [5.74, 6) is -0.900. The predicted molar refractivity (Wildman–Crippen MR) is 122 cm³/mol. The molecule has 0 spiro atoms. The molecule has 0 aromatic heterocycles. The molecule has 1 saturated heterocycles. The van der Waals surface area contributed by atoms with Crippen LogP contribution < -0.4 is 20.1 Å². The monoisotopic (exact) mass is 455 g/mol. The number of ether oxygens (including phenoxy) is 2. The van der Waals surface area contributed by atoms with Crippen molar-refractivity contribution >= 4 is 52.2 Å². The number of carboxylic acid groups (broad SMARTS) is 1. The number of nitrogens with one attached hydrogen (secondary N) is 2. The summed E-state index contributed by atoms with van der Waals surface area (Å²) >= 11 is 1.19. The van der Waals surface area contributed by atoms with Gasteiger partial charge in [0.1, 0.15) is 0 Å². The van der Waals surface area contributed by atoms with E-state index in [0.717, 1.165) is 0 Å². The molecule has 166 valence electrons. The first-order valence-corrected chi connectivity index (χ1v) is 10.3. The Morgan fingerprint density at radius 1 is 1.19 bits per heavy atom. The van der Waals surface area contributed by atoms with Gasteiger partial charge in [-0.05, 0) is 66.7 Å². The van der Waals surface area contributed by atoms with Crippen molar-refractivity contribution in [2.45, 2.75) is 20.0 Å². The summed E-state index contributed by atoms with van der Waals surface area (Å²) in [4.78, 5) is 39.3. The second-order valence-corrected chi connectivity index (χ2v) is 7.75. The van der Waals surface area contributed by atoms with Crippen LogP contribution in [0.1, 0.15) is 19.4 Å². The van der Waals surface area contributed by atoms with E-state index in [4.69, 9.17) is 14.6 Å². The van der Waals surface area contributed by atoms with Crippen LogP contribution in [0.5, 0.6) is 11.5 Å². The van der Waals surface area contributed by atoms with Crippen molar-refractivity contribution < 1.29 is 29.0 Å². The Balaban J connectivity index is 1.75. The van der Waals surface area contributed by atoms with Crippen LogP contribution in [-0.4, -0.2) is 41.3 Å². The lowest BCUT2D eigenvalue weighted by molar-refractivity contribution is -0.144. The highest BCUT2D eigenvalue weighted by atomic mass is 32.2. The number of thioether (sulfide) groups is 1. The number of aliphatic imine (C=N–C) groups is 1. The molecule has 3 N–H and O–H groups in total. The highest BCUT2D eigenvalue weighted by molar-refractivity contribution is 8.18. The van der Waals surface area contributed by atoms with Crippen molar-refractivity contribution in [3.05, 3.63) is 52.9 Å². The molecule has 0 bridgehead atoms. The van der Waals surface area contributed by atoms with Crippen LogP contribution >= 0.6 is 11.8 Å². The van der Waals surface area contributed by atoms with Crippen LogP contribution in [0.4, 0.5) is 11.4 Å². The number of rotatable bonds is 7. The fraction of sp³-hybridized carbons (Fsp3) is 0.182. The summed E-state index contributed by atoms with van der Waals surface area (Å²) in [6, 6.07) is 11.8. The average Bonchev–Trinajstić information content (AvgIpc) is 3.08. The van der Waals surface area contributed by atoms with Crippen LogP contribution in [0.2, 0.25) is 0 Å². The van der Waals surface area contributed by atoms with Crippen LogP contribution in [0.15, 0.2) is 52.4 Å². The van der Waals surface area contributed by atoms with Crippen LogP contribution in [0.25, 0.3) is 6.08 Å². The smallest absolute Gasteiger partial charge is 0.344 e. The second-order valence-electron chi connectivity index (χ2n) is 6.72. The van der Waals surface area contributed by atoms with E-state index < -0.39 is 12.1 Å². The summed E-state index contributed by atoms with van der Waals surface area (Å²) in [6.07, 6.45) is 0.644. The Labute approximate surface area is 188 Å². The van der Waals surface area contributed by atoms with E-state index in [0.29, 0.717) is 32.8 Å². The van der Waals surface area contributed by atoms with Gasteiger partial charge in [0.2, 0.25) is 5.91 Å². The molecule has 32 heavy (non-hydrogen) atoms. The molecule has 1 atom stereocenters. The zero-order valence-electron chi connectivity index (χ0n) is 17.5. The third-order valence-electron chi connectivity index (χ3n) is 4.21. The number of methoxy groups -OCH3 is 1. The van der Waals surface area contributed by atoms with E-state index in [1.54, 1.807) is 48.5 Å². The fourth-order valence-electron chi connectivity index (χ4n) is 2.68. The number of nitrogens with zero attached hydrogens (tertiary/aromatic N) is 1. The van der Waals surface area contributed by atoms with Gasteiger partial charge in [-0.3, -0.25) is 9.59 Å². The normalized spacial score (nSPS) is 16.5. The minimum absolute atomic E-state index is 0.162. The van der Waals surface area contributed by atoms with Crippen LogP contribution in [0.3, 0.4) is 0 Å². The van der Waals surface area contributed by atoms with Gasteiger partial charge < -0.3 is 25.2 Å². The lowest BCUT2D eigenvalue weighted by atomic mass is 10.2. The van der Waals surface area contributed by atoms with Gasteiger partial charge in [0, 0.05) is 12.6 Å². The Morgan fingerprint density at radius 2 is 1.91 bits per heavy atom. The number of carbonyl (C=O) groups is 3. The summed E-state index contributed by atoms with van der Waals surface area (Å²) in [6.45, 7) is 2.85. The molecule has 2 aromatic rings. The molecule has 1 heterocycles. The minimum Gasteiger partial charge on any atom is -0.493 e. The molecule has 9 nitrogen and oxygen atoms in total. The van der Waals surface area contributed by atoms with Gasteiger partial charge in [-0.15, -0.1) is 0 Å². The SMILES string of the molecule is COc1cc(/C=C2/SC(=Nc3ccc(NC(C)=O)cc3)NC2=O)ccc1OC(C)C(=O)O. The van der Waals surface area contributed by atoms with Crippen LogP contribution in [0, 0.1) is 0 Å².